The number of thiazole rings is 1. The van der Waals surface area contributed by atoms with Gasteiger partial charge in [0.1, 0.15) is 24.1 Å². The van der Waals surface area contributed by atoms with Crippen LogP contribution in [0.25, 0.3) is 6.08 Å². The molecule has 1 aliphatic rings. The van der Waals surface area contributed by atoms with Crippen LogP contribution in [0, 0.1) is 12.3 Å². The number of benzene rings is 2. The molecule has 7 nitrogen and oxygen atoms in total. The van der Waals surface area contributed by atoms with E-state index in [9.17, 15) is 9.59 Å². The molecule has 202 valence electrons. The van der Waals surface area contributed by atoms with Gasteiger partial charge in [0, 0.05) is 15.6 Å². The van der Waals surface area contributed by atoms with Crippen LogP contribution in [0.5, 0.6) is 11.5 Å². The highest BCUT2D eigenvalue weighted by molar-refractivity contribution is 9.11. The number of halogens is 2. The van der Waals surface area contributed by atoms with Crippen molar-refractivity contribution in [2.45, 2.75) is 39.8 Å². The number of hydrogen-bond acceptors (Lipinski definition) is 7. The lowest BCUT2D eigenvalue weighted by atomic mass is 9.95. The molecule has 0 unspecified atom stereocenters. The summed E-state index contributed by atoms with van der Waals surface area (Å²) in [5, 5.41) is 0. The van der Waals surface area contributed by atoms with Gasteiger partial charge in [-0.15, -0.1) is 6.42 Å². The minimum atomic E-state index is -0.788. The Labute approximate surface area is 247 Å². The van der Waals surface area contributed by atoms with Crippen molar-refractivity contribution in [1.29, 1.82) is 0 Å². The molecule has 2 aromatic carbocycles. The number of rotatable bonds is 8. The lowest BCUT2D eigenvalue weighted by Crippen LogP contribution is -2.40. The summed E-state index contributed by atoms with van der Waals surface area (Å²) in [7, 11) is 0. The van der Waals surface area contributed by atoms with Gasteiger partial charge in [0.15, 0.2) is 4.80 Å². The average Bonchev–Trinajstić information content (AvgIpc) is 3.17. The van der Waals surface area contributed by atoms with E-state index in [1.54, 1.807) is 19.9 Å². The van der Waals surface area contributed by atoms with Crippen molar-refractivity contribution in [3.63, 3.8) is 0 Å². The molecule has 1 atom stereocenters. The molecule has 1 aliphatic heterocycles. The van der Waals surface area contributed by atoms with Crippen molar-refractivity contribution >= 4 is 55.2 Å². The molecule has 10 heteroatoms. The van der Waals surface area contributed by atoms with Crippen LogP contribution in [0.15, 0.2) is 66.4 Å². The number of para-hydroxylation sites is 1. The summed E-state index contributed by atoms with van der Waals surface area (Å²) in [4.78, 5) is 32.4. The molecular formula is C29H26Br2N2O5S. The summed E-state index contributed by atoms with van der Waals surface area (Å²) in [6, 6.07) is 10.3. The number of carbonyl (C=O) groups is 1. The molecule has 1 aromatic heterocycles. The second kappa shape index (κ2) is 12.4. The van der Waals surface area contributed by atoms with Gasteiger partial charge in [-0.05, 0) is 67.9 Å². The summed E-state index contributed by atoms with van der Waals surface area (Å²) in [5.74, 6) is 3.02. The first-order chi connectivity index (χ1) is 18.7. The van der Waals surface area contributed by atoms with Crippen molar-refractivity contribution in [2.75, 3.05) is 13.2 Å². The van der Waals surface area contributed by atoms with E-state index in [0.29, 0.717) is 47.7 Å². The quantitative estimate of drug-likeness (QED) is 0.245. The van der Waals surface area contributed by atoms with E-state index in [4.69, 9.17) is 20.6 Å². The zero-order valence-electron chi connectivity index (χ0n) is 21.8. The first-order valence-corrected chi connectivity index (χ1v) is 14.6. The van der Waals surface area contributed by atoms with Gasteiger partial charge in [0.25, 0.3) is 5.56 Å². The molecule has 39 heavy (non-hydrogen) atoms. The minimum absolute atomic E-state index is 0.0665. The van der Waals surface area contributed by atoms with Gasteiger partial charge in [-0.25, -0.2) is 9.79 Å². The van der Waals surface area contributed by atoms with Crippen LogP contribution in [0.2, 0.25) is 0 Å². The lowest BCUT2D eigenvalue weighted by Gasteiger charge is -2.26. The fraction of sp³-hybridized carbons (Fsp3) is 0.276. The molecule has 0 radical (unpaired) electrons. The molecule has 3 aromatic rings. The Morgan fingerprint density at radius 2 is 2.03 bits per heavy atom. The SMILES string of the molecule is C#CCOc1c(Br)cc(Br)cc1/C=c1\sc2n(c1=O)[C@H](c1ccccc1OC(C)C)C(C(=O)OCC)=C(C)N=2. The predicted molar refractivity (Wildman–Crippen MR) is 159 cm³/mol. The molecule has 0 N–H and O–H groups in total. The van der Waals surface area contributed by atoms with Crippen LogP contribution in [0.4, 0.5) is 0 Å². The molecule has 0 aliphatic carbocycles. The third-order valence-corrected chi connectivity index (χ3v) is 7.75. The van der Waals surface area contributed by atoms with E-state index >= 15 is 0 Å². The zero-order valence-corrected chi connectivity index (χ0v) is 25.8. The van der Waals surface area contributed by atoms with Gasteiger partial charge in [-0.1, -0.05) is 51.4 Å². The van der Waals surface area contributed by atoms with Crippen molar-refractivity contribution in [3.05, 3.63) is 87.4 Å². The summed E-state index contributed by atoms with van der Waals surface area (Å²) in [6.07, 6.45) is 7.03. The fourth-order valence-electron chi connectivity index (χ4n) is 4.25. The molecule has 0 saturated carbocycles. The first-order valence-electron chi connectivity index (χ1n) is 12.2. The Balaban J connectivity index is 2.00. The number of allylic oxidation sites excluding steroid dienone is 1. The maximum absolute atomic E-state index is 14.0. The average molecular weight is 674 g/mol. The smallest absolute Gasteiger partial charge is 0.338 e. The topological polar surface area (TPSA) is 79.1 Å². The second-order valence-corrected chi connectivity index (χ2v) is 11.6. The van der Waals surface area contributed by atoms with Gasteiger partial charge >= 0.3 is 5.97 Å². The van der Waals surface area contributed by atoms with E-state index in [1.165, 1.54) is 15.9 Å². The minimum Gasteiger partial charge on any atom is -0.491 e. The number of ether oxygens (including phenoxy) is 3. The number of hydrogen-bond donors (Lipinski definition) is 0. The van der Waals surface area contributed by atoms with Crippen molar-refractivity contribution in [3.8, 4) is 23.8 Å². The summed E-state index contributed by atoms with van der Waals surface area (Å²) >= 11 is 8.24. The van der Waals surface area contributed by atoms with Crippen molar-refractivity contribution in [2.24, 2.45) is 4.99 Å². The standard InChI is InChI=1S/C29H26Br2N2O5S/c1-6-12-37-26-18(13-19(30)15-21(26)31)14-23-27(34)33-25(20-10-8-9-11-22(20)38-16(3)4)24(28(35)36-7-2)17(5)32-29(33)39-23/h1,8-11,13-16,25H,7,12H2,2-5H3/b23-14-/t25-/m1/s1. The number of esters is 1. The second-order valence-electron chi connectivity index (χ2n) is 8.81. The van der Waals surface area contributed by atoms with Crippen LogP contribution in [-0.2, 0) is 9.53 Å². The Hall–Kier alpha value is -3.13. The molecule has 0 amide bonds. The van der Waals surface area contributed by atoms with Crippen LogP contribution < -0.4 is 24.4 Å². The van der Waals surface area contributed by atoms with Gasteiger partial charge < -0.3 is 14.2 Å². The van der Waals surface area contributed by atoms with Crippen LogP contribution in [0.3, 0.4) is 0 Å². The highest BCUT2D eigenvalue weighted by atomic mass is 79.9. The molecule has 2 heterocycles. The molecule has 0 spiro atoms. The highest BCUT2D eigenvalue weighted by Crippen LogP contribution is 2.37. The Morgan fingerprint density at radius 1 is 1.28 bits per heavy atom. The maximum atomic E-state index is 14.0. The van der Waals surface area contributed by atoms with E-state index < -0.39 is 12.0 Å². The lowest BCUT2D eigenvalue weighted by molar-refractivity contribution is -0.139. The molecule has 0 fully saturated rings. The molecule has 0 saturated heterocycles. The van der Waals surface area contributed by atoms with E-state index in [2.05, 4.69) is 42.8 Å². The molecule has 4 rings (SSSR count). The number of carbonyl (C=O) groups excluding carboxylic acids is 1. The zero-order chi connectivity index (χ0) is 28.3. The molecular weight excluding hydrogens is 648 g/mol. The summed E-state index contributed by atoms with van der Waals surface area (Å²) < 4.78 is 20.7. The number of aromatic nitrogens is 1. The van der Waals surface area contributed by atoms with Crippen LogP contribution in [0.1, 0.15) is 44.9 Å². The van der Waals surface area contributed by atoms with Gasteiger partial charge in [-0.3, -0.25) is 9.36 Å². The summed E-state index contributed by atoms with van der Waals surface area (Å²) in [5.41, 5.74) is 1.78. The van der Waals surface area contributed by atoms with Crippen molar-refractivity contribution < 1.29 is 19.0 Å². The van der Waals surface area contributed by atoms with Gasteiger partial charge in [0.05, 0.1) is 33.0 Å². The number of terminal acetylenes is 1. The normalized spacial score (nSPS) is 15.0. The Bertz CT molecular complexity index is 1680. The molecule has 0 bridgehead atoms. The van der Waals surface area contributed by atoms with E-state index in [1.807, 2.05) is 50.2 Å². The van der Waals surface area contributed by atoms with Crippen LogP contribution >= 0.6 is 43.2 Å². The number of fused-ring (bicyclic) bond motifs is 1. The number of nitrogens with zero attached hydrogens (tertiary/aromatic N) is 2. The van der Waals surface area contributed by atoms with Gasteiger partial charge in [-0.2, -0.15) is 0 Å². The highest BCUT2D eigenvalue weighted by Gasteiger charge is 2.35. The summed E-state index contributed by atoms with van der Waals surface area (Å²) in [6.45, 7) is 7.59. The fourth-order valence-corrected chi connectivity index (χ4v) is 6.66. The maximum Gasteiger partial charge on any atom is 0.338 e. The Kier molecular flexibility index (Phi) is 9.15. The van der Waals surface area contributed by atoms with E-state index in [-0.39, 0.29) is 24.9 Å². The first kappa shape index (κ1) is 28.9. The van der Waals surface area contributed by atoms with Crippen molar-refractivity contribution in [1.82, 2.24) is 4.57 Å². The monoisotopic (exact) mass is 672 g/mol. The third kappa shape index (κ3) is 6.06. The van der Waals surface area contributed by atoms with Gasteiger partial charge in [0.2, 0.25) is 0 Å². The Morgan fingerprint density at radius 3 is 2.72 bits per heavy atom. The van der Waals surface area contributed by atoms with Crippen LogP contribution in [-0.4, -0.2) is 29.9 Å². The predicted octanol–water partition coefficient (Wildman–Crippen LogP) is 5.12. The van der Waals surface area contributed by atoms with E-state index in [0.717, 1.165) is 4.47 Å². The largest absolute Gasteiger partial charge is 0.491 e. The third-order valence-electron chi connectivity index (χ3n) is 5.72.